The summed E-state index contributed by atoms with van der Waals surface area (Å²) in [5, 5.41) is 3.30. The van der Waals surface area contributed by atoms with Crippen LogP contribution in [0.2, 0.25) is 0 Å². The number of nitrogens with two attached hydrogens (primary N) is 1. The highest BCUT2D eigenvalue weighted by molar-refractivity contribution is 5.68. The maximum Gasteiger partial charge on any atom is 0.118 e. The summed E-state index contributed by atoms with van der Waals surface area (Å²) >= 11 is 0. The van der Waals surface area contributed by atoms with Gasteiger partial charge in [0, 0.05) is 6.54 Å². The SMILES string of the molecule is CC.CCN(c1ccccc1N)C1C=CC=CN1. The van der Waals surface area contributed by atoms with E-state index < -0.39 is 0 Å². The van der Waals surface area contributed by atoms with Crippen molar-refractivity contribution in [2.45, 2.75) is 26.9 Å². The molecule has 0 saturated heterocycles. The molecule has 0 amide bonds. The quantitative estimate of drug-likeness (QED) is 0.804. The molecule has 1 heterocycles. The molecule has 3 heteroatoms. The Hall–Kier alpha value is -1.90. The Morgan fingerprint density at radius 1 is 1.22 bits per heavy atom. The van der Waals surface area contributed by atoms with E-state index >= 15 is 0 Å². The molecule has 2 rings (SSSR count). The van der Waals surface area contributed by atoms with E-state index in [1.807, 2.05) is 56.5 Å². The Bertz CT molecular complexity index is 410. The highest BCUT2D eigenvalue weighted by Crippen LogP contribution is 2.24. The molecule has 1 unspecified atom stereocenters. The lowest BCUT2D eigenvalue weighted by Gasteiger charge is -2.32. The van der Waals surface area contributed by atoms with Crippen LogP contribution in [-0.4, -0.2) is 12.7 Å². The van der Waals surface area contributed by atoms with Gasteiger partial charge in [-0.05, 0) is 37.4 Å². The van der Waals surface area contributed by atoms with Crippen molar-refractivity contribution >= 4 is 11.4 Å². The van der Waals surface area contributed by atoms with Crippen molar-refractivity contribution in [2.75, 3.05) is 17.2 Å². The smallest absolute Gasteiger partial charge is 0.118 e. The summed E-state index contributed by atoms with van der Waals surface area (Å²) in [5.41, 5.74) is 7.88. The van der Waals surface area contributed by atoms with Gasteiger partial charge in [-0.3, -0.25) is 0 Å². The third-order valence-corrected chi connectivity index (χ3v) is 2.69. The van der Waals surface area contributed by atoms with Crippen LogP contribution in [0.15, 0.2) is 48.7 Å². The molecule has 3 nitrogen and oxygen atoms in total. The van der Waals surface area contributed by atoms with E-state index in [1.165, 1.54) is 0 Å². The van der Waals surface area contributed by atoms with E-state index in [2.05, 4.69) is 23.2 Å². The van der Waals surface area contributed by atoms with E-state index in [-0.39, 0.29) is 6.17 Å². The fourth-order valence-electron chi connectivity index (χ4n) is 1.89. The molecule has 3 N–H and O–H groups in total. The van der Waals surface area contributed by atoms with Gasteiger partial charge in [0.15, 0.2) is 0 Å². The average Bonchev–Trinajstić information content (AvgIpc) is 2.45. The van der Waals surface area contributed by atoms with E-state index in [0.29, 0.717) is 0 Å². The summed E-state index contributed by atoms with van der Waals surface area (Å²) in [6.07, 6.45) is 8.28. The van der Waals surface area contributed by atoms with Crippen molar-refractivity contribution < 1.29 is 0 Å². The largest absolute Gasteiger partial charge is 0.397 e. The number of para-hydroxylation sites is 2. The van der Waals surface area contributed by atoms with Gasteiger partial charge in [-0.25, -0.2) is 0 Å². The number of rotatable bonds is 3. The topological polar surface area (TPSA) is 41.3 Å². The molecule has 18 heavy (non-hydrogen) atoms. The zero-order valence-corrected chi connectivity index (χ0v) is 11.4. The summed E-state index contributed by atoms with van der Waals surface area (Å²) in [5.74, 6) is 0. The number of hydrogen-bond donors (Lipinski definition) is 2. The molecule has 0 aliphatic carbocycles. The molecular formula is C15H23N3. The molecule has 98 valence electrons. The van der Waals surface area contributed by atoms with Gasteiger partial charge in [0.05, 0.1) is 11.4 Å². The van der Waals surface area contributed by atoms with Crippen LogP contribution in [0.25, 0.3) is 0 Å². The number of allylic oxidation sites excluding steroid dienone is 2. The van der Waals surface area contributed by atoms with Crippen LogP contribution in [0.5, 0.6) is 0 Å². The Labute approximate surface area is 110 Å². The molecule has 1 aromatic rings. The average molecular weight is 245 g/mol. The summed E-state index contributed by atoms with van der Waals surface area (Å²) in [4.78, 5) is 2.23. The number of anilines is 2. The summed E-state index contributed by atoms with van der Waals surface area (Å²) in [7, 11) is 0. The van der Waals surface area contributed by atoms with Crippen LogP contribution < -0.4 is 16.0 Å². The fraction of sp³-hybridized carbons (Fsp3) is 0.333. The molecule has 0 bridgehead atoms. The molecule has 0 spiro atoms. The van der Waals surface area contributed by atoms with E-state index in [9.17, 15) is 0 Å². The lowest BCUT2D eigenvalue weighted by atomic mass is 10.2. The first kappa shape index (κ1) is 14.2. The van der Waals surface area contributed by atoms with Crippen molar-refractivity contribution in [1.82, 2.24) is 5.32 Å². The summed E-state index contributed by atoms with van der Waals surface area (Å²) in [6, 6.07) is 7.94. The third kappa shape index (κ3) is 3.29. The van der Waals surface area contributed by atoms with Crippen LogP contribution in [0.4, 0.5) is 11.4 Å². The fourth-order valence-corrected chi connectivity index (χ4v) is 1.89. The second kappa shape index (κ2) is 7.43. The van der Waals surface area contributed by atoms with Gasteiger partial charge in [-0.2, -0.15) is 0 Å². The Balaban J connectivity index is 0.000000771. The monoisotopic (exact) mass is 245 g/mol. The maximum atomic E-state index is 5.99. The van der Waals surface area contributed by atoms with Crippen molar-refractivity contribution in [3.05, 3.63) is 48.7 Å². The van der Waals surface area contributed by atoms with Gasteiger partial charge in [-0.1, -0.05) is 32.1 Å². The molecular weight excluding hydrogens is 222 g/mol. The number of likely N-dealkylation sites (N-methyl/N-ethyl adjacent to an activating group) is 1. The van der Waals surface area contributed by atoms with Gasteiger partial charge in [0.2, 0.25) is 0 Å². The van der Waals surface area contributed by atoms with Crippen molar-refractivity contribution in [3.63, 3.8) is 0 Å². The highest BCUT2D eigenvalue weighted by Gasteiger charge is 2.15. The first-order valence-electron chi connectivity index (χ1n) is 6.53. The normalized spacial score (nSPS) is 16.5. The lowest BCUT2D eigenvalue weighted by molar-refractivity contribution is 0.642. The number of benzene rings is 1. The Morgan fingerprint density at radius 2 is 1.94 bits per heavy atom. The minimum absolute atomic E-state index is 0.180. The van der Waals surface area contributed by atoms with Gasteiger partial charge in [-0.15, -0.1) is 0 Å². The lowest BCUT2D eigenvalue weighted by Crippen LogP contribution is -2.43. The van der Waals surface area contributed by atoms with Crippen LogP contribution in [-0.2, 0) is 0 Å². The predicted molar refractivity (Wildman–Crippen MR) is 80.4 cm³/mol. The number of nitrogen functional groups attached to an aromatic ring is 1. The van der Waals surface area contributed by atoms with Crippen LogP contribution >= 0.6 is 0 Å². The zero-order valence-electron chi connectivity index (χ0n) is 11.4. The molecule has 1 aromatic carbocycles. The molecule has 0 saturated carbocycles. The maximum absolute atomic E-state index is 5.99. The van der Waals surface area contributed by atoms with Crippen LogP contribution in [0.3, 0.4) is 0 Å². The summed E-state index contributed by atoms with van der Waals surface area (Å²) in [6.45, 7) is 7.03. The number of dihydropyridines is 1. The molecule has 0 radical (unpaired) electrons. The molecule has 0 fully saturated rings. The van der Waals surface area contributed by atoms with Gasteiger partial charge in [0.1, 0.15) is 6.17 Å². The number of hydrogen-bond acceptors (Lipinski definition) is 3. The molecule has 1 atom stereocenters. The van der Waals surface area contributed by atoms with Gasteiger partial charge >= 0.3 is 0 Å². The molecule has 1 aliphatic heterocycles. The van der Waals surface area contributed by atoms with E-state index in [0.717, 1.165) is 17.9 Å². The van der Waals surface area contributed by atoms with Gasteiger partial charge in [0.25, 0.3) is 0 Å². The first-order chi connectivity index (χ1) is 8.83. The second-order valence-electron chi connectivity index (χ2n) is 3.70. The molecule has 1 aliphatic rings. The zero-order chi connectivity index (χ0) is 13.4. The van der Waals surface area contributed by atoms with Crippen molar-refractivity contribution in [1.29, 1.82) is 0 Å². The van der Waals surface area contributed by atoms with Crippen LogP contribution in [0.1, 0.15) is 20.8 Å². The van der Waals surface area contributed by atoms with E-state index in [1.54, 1.807) is 0 Å². The number of nitrogens with zero attached hydrogens (tertiary/aromatic N) is 1. The number of nitrogens with one attached hydrogen (secondary N) is 1. The third-order valence-electron chi connectivity index (χ3n) is 2.69. The Kier molecular flexibility index (Phi) is 5.85. The standard InChI is InChI=1S/C13H17N3.C2H6/c1-2-16(13-9-5-6-10-15-13)12-8-4-3-7-11(12)14;1-2/h3-10,13,15H,2,14H2,1H3;1-2H3. The van der Waals surface area contributed by atoms with E-state index in [4.69, 9.17) is 5.73 Å². The van der Waals surface area contributed by atoms with Gasteiger partial charge < -0.3 is 16.0 Å². The van der Waals surface area contributed by atoms with Crippen molar-refractivity contribution in [2.24, 2.45) is 0 Å². The van der Waals surface area contributed by atoms with Crippen LogP contribution in [0, 0.1) is 0 Å². The predicted octanol–water partition coefficient (Wildman–Crippen LogP) is 3.12. The Morgan fingerprint density at radius 3 is 2.50 bits per heavy atom. The van der Waals surface area contributed by atoms with Crippen molar-refractivity contribution in [3.8, 4) is 0 Å². The molecule has 0 aromatic heterocycles. The second-order valence-corrected chi connectivity index (χ2v) is 3.70. The minimum Gasteiger partial charge on any atom is -0.397 e. The highest BCUT2D eigenvalue weighted by atomic mass is 15.3. The minimum atomic E-state index is 0.180. The summed E-state index contributed by atoms with van der Waals surface area (Å²) < 4.78 is 0. The first-order valence-corrected chi connectivity index (χ1v) is 6.53.